The first kappa shape index (κ1) is 18.9. The molecule has 25 heavy (non-hydrogen) atoms. The lowest BCUT2D eigenvalue weighted by atomic mass is 10.2. The average Bonchev–Trinajstić information content (AvgIpc) is 2.64. The maximum atomic E-state index is 6.17. The third kappa shape index (κ3) is 5.57. The molecule has 0 aliphatic carbocycles. The minimum atomic E-state index is 0.603. The standard InChI is InChI=1S/C19H24ClN3O2/c1-4-25-17-10-9-14(11-18(17)24-3)12-22-19(21-2)23-13-15-7-5-6-8-16(15)20/h5-11H,4,12-13H2,1-3H3,(H2,21,22,23). The highest BCUT2D eigenvalue weighted by atomic mass is 35.5. The number of aliphatic imine (C=N–C) groups is 1. The minimum Gasteiger partial charge on any atom is -0.493 e. The number of nitrogens with zero attached hydrogens (tertiary/aromatic N) is 1. The first-order chi connectivity index (χ1) is 12.2. The van der Waals surface area contributed by atoms with E-state index in [-0.39, 0.29) is 0 Å². The van der Waals surface area contributed by atoms with Crippen molar-refractivity contribution in [2.75, 3.05) is 20.8 Å². The Morgan fingerprint density at radius 1 is 1.08 bits per heavy atom. The molecule has 2 rings (SSSR count). The van der Waals surface area contributed by atoms with Crippen molar-refractivity contribution in [2.45, 2.75) is 20.0 Å². The van der Waals surface area contributed by atoms with E-state index >= 15 is 0 Å². The fourth-order valence-electron chi connectivity index (χ4n) is 2.32. The van der Waals surface area contributed by atoms with Gasteiger partial charge >= 0.3 is 0 Å². The molecule has 0 heterocycles. The van der Waals surface area contributed by atoms with Gasteiger partial charge in [-0.2, -0.15) is 0 Å². The summed E-state index contributed by atoms with van der Waals surface area (Å²) >= 11 is 6.17. The Balaban J connectivity index is 1.93. The zero-order valence-corrected chi connectivity index (χ0v) is 15.6. The number of methoxy groups -OCH3 is 1. The van der Waals surface area contributed by atoms with Gasteiger partial charge in [0.15, 0.2) is 17.5 Å². The molecule has 0 aliphatic heterocycles. The Kier molecular flexibility index (Phi) is 7.41. The van der Waals surface area contributed by atoms with Crippen LogP contribution < -0.4 is 20.1 Å². The Morgan fingerprint density at radius 2 is 1.84 bits per heavy atom. The monoisotopic (exact) mass is 361 g/mol. The van der Waals surface area contributed by atoms with Crippen molar-refractivity contribution < 1.29 is 9.47 Å². The quantitative estimate of drug-likeness (QED) is 0.584. The van der Waals surface area contributed by atoms with E-state index in [4.69, 9.17) is 21.1 Å². The number of ether oxygens (including phenoxy) is 2. The summed E-state index contributed by atoms with van der Waals surface area (Å²) in [6.45, 7) is 3.77. The SMILES string of the molecule is CCOc1ccc(CNC(=NC)NCc2ccccc2Cl)cc1OC. The zero-order valence-electron chi connectivity index (χ0n) is 14.8. The number of guanidine groups is 1. The van der Waals surface area contributed by atoms with Crippen LogP contribution >= 0.6 is 11.6 Å². The van der Waals surface area contributed by atoms with Crippen LogP contribution in [-0.4, -0.2) is 26.7 Å². The first-order valence-electron chi connectivity index (χ1n) is 8.15. The van der Waals surface area contributed by atoms with Crippen LogP contribution in [0.1, 0.15) is 18.1 Å². The van der Waals surface area contributed by atoms with Gasteiger partial charge in [-0.25, -0.2) is 0 Å². The molecule has 0 atom stereocenters. The van der Waals surface area contributed by atoms with Gasteiger partial charge in [0.1, 0.15) is 0 Å². The Bertz CT molecular complexity index is 720. The van der Waals surface area contributed by atoms with E-state index in [1.54, 1.807) is 14.2 Å². The molecule has 0 radical (unpaired) electrons. The number of nitrogens with one attached hydrogen (secondary N) is 2. The second-order valence-electron chi connectivity index (χ2n) is 5.29. The molecule has 0 saturated carbocycles. The van der Waals surface area contributed by atoms with E-state index in [1.807, 2.05) is 49.4 Å². The topological polar surface area (TPSA) is 54.9 Å². The van der Waals surface area contributed by atoms with Gasteiger partial charge in [-0.1, -0.05) is 35.9 Å². The molecule has 0 bridgehead atoms. The molecule has 0 unspecified atom stereocenters. The van der Waals surface area contributed by atoms with Crippen LogP contribution in [0, 0.1) is 0 Å². The predicted octanol–water partition coefficient (Wildman–Crippen LogP) is 3.61. The lowest BCUT2D eigenvalue weighted by molar-refractivity contribution is 0.310. The predicted molar refractivity (Wildman–Crippen MR) is 103 cm³/mol. The van der Waals surface area contributed by atoms with Gasteiger partial charge < -0.3 is 20.1 Å². The second kappa shape index (κ2) is 9.79. The highest BCUT2D eigenvalue weighted by Gasteiger charge is 2.06. The van der Waals surface area contributed by atoms with Gasteiger partial charge in [-0.05, 0) is 36.2 Å². The van der Waals surface area contributed by atoms with Crippen molar-refractivity contribution in [3.63, 3.8) is 0 Å². The molecule has 0 spiro atoms. The molecular formula is C19H24ClN3O2. The minimum absolute atomic E-state index is 0.603. The summed E-state index contributed by atoms with van der Waals surface area (Å²) in [5.74, 6) is 2.17. The van der Waals surface area contributed by atoms with Crippen molar-refractivity contribution in [3.8, 4) is 11.5 Å². The fraction of sp³-hybridized carbons (Fsp3) is 0.316. The van der Waals surface area contributed by atoms with Crippen molar-refractivity contribution in [3.05, 3.63) is 58.6 Å². The summed E-state index contributed by atoms with van der Waals surface area (Å²) in [5, 5.41) is 7.27. The lowest BCUT2D eigenvalue weighted by Crippen LogP contribution is -2.36. The van der Waals surface area contributed by atoms with E-state index in [9.17, 15) is 0 Å². The van der Waals surface area contributed by atoms with Crippen LogP contribution in [0.15, 0.2) is 47.5 Å². The molecule has 0 saturated heterocycles. The van der Waals surface area contributed by atoms with Crippen molar-refractivity contribution in [1.29, 1.82) is 0 Å². The zero-order chi connectivity index (χ0) is 18.1. The van der Waals surface area contributed by atoms with Crippen LogP contribution in [0.3, 0.4) is 0 Å². The molecule has 6 heteroatoms. The van der Waals surface area contributed by atoms with Gasteiger partial charge in [0, 0.05) is 25.2 Å². The second-order valence-corrected chi connectivity index (χ2v) is 5.70. The number of rotatable bonds is 7. The normalized spacial score (nSPS) is 11.1. The largest absolute Gasteiger partial charge is 0.493 e. The average molecular weight is 362 g/mol. The molecule has 2 aromatic carbocycles. The van der Waals surface area contributed by atoms with E-state index in [0.29, 0.717) is 25.7 Å². The van der Waals surface area contributed by atoms with Crippen LogP contribution in [-0.2, 0) is 13.1 Å². The molecule has 0 aliphatic rings. The van der Waals surface area contributed by atoms with E-state index in [1.165, 1.54) is 0 Å². The Hall–Kier alpha value is -2.40. The maximum absolute atomic E-state index is 6.17. The third-order valence-electron chi connectivity index (χ3n) is 3.62. The highest BCUT2D eigenvalue weighted by Crippen LogP contribution is 2.27. The molecule has 134 valence electrons. The van der Waals surface area contributed by atoms with Gasteiger partial charge in [0.25, 0.3) is 0 Å². The van der Waals surface area contributed by atoms with Crippen molar-refractivity contribution in [1.82, 2.24) is 10.6 Å². The van der Waals surface area contributed by atoms with Crippen LogP contribution in [0.5, 0.6) is 11.5 Å². The smallest absolute Gasteiger partial charge is 0.191 e. The third-order valence-corrected chi connectivity index (χ3v) is 3.98. The summed E-state index contributed by atoms with van der Waals surface area (Å²) in [4.78, 5) is 4.23. The van der Waals surface area contributed by atoms with Gasteiger partial charge in [-0.15, -0.1) is 0 Å². The van der Waals surface area contributed by atoms with Gasteiger partial charge in [0.05, 0.1) is 13.7 Å². The molecule has 2 aromatic rings. The fourth-order valence-corrected chi connectivity index (χ4v) is 2.53. The lowest BCUT2D eigenvalue weighted by Gasteiger charge is -2.14. The van der Waals surface area contributed by atoms with Crippen molar-refractivity contribution in [2.24, 2.45) is 4.99 Å². The van der Waals surface area contributed by atoms with Gasteiger partial charge in [0.2, 0.25) is 0 Å². The number of halogens is 1. The van der Waals surface area contributed by atoms with E-state index in [2.05, 4.69) is 15.6 Å². The van der Waals surface area contributed by atoms with E-state index < -0.39 is 0 Å². The summed E-state index contributed by atoms with van der Waals surface area (Å²) < 4.78 is 10.9. The Labute approximate surface area is 154 Å². The van der Waals surface area contributed by atoms with E-state index in [0.717, 1.165) is 27.6 Å². The van der Waals surface area contributed by atoms with Gasteiger partial charge in [-0.3, -0.25) is 4.99 Å². The summed E-state index contributed by atoms with van der Waals surface area (Å²) in [6.07, 6.45) is 0. The van der Waals surface area contributed by atoms with Crippen LogP contribution in [0.25, 0.3) is 0 Å². The van der Waals surface area contributed by atoms with Crippen LogP contribution in [0.2, 0.25) is 5.02 Å². The summed E-state index contributed by atoms with van der Waals surface area (Å²) in [5.41, 5.74) is 2.09. The highest BCUT2D eigenvalue weighted by molar-refractivity contribution is 6.31. The molecule has 0 fully saturated rings. The number of hydrogen-bond acceptors (Lipinski definition) is 3. The van der Waals surface area contributed by atoms with Crippen LogP contribution in [0.4, 0.5) is 0 Å². The maximum Gasteiger partial charge on any atom is 0.191 e. The summed E-state index contributed by atoms with van der Waals surface area (Å²) in [6, 6.07) is 13.6. The molecule has 0 aromatic heterocycles. The molecule has 5 nitrogen and oxygen atoms in total. The summed E-state index contributed by atoms with van der Waals surface area (Å²) in [7, 11) is 3.37. The Morgan fingerprint density at radius 3 is 2.52 bits per heavy atom. The number of benzene rings is 2. The number of hydrogen-bond donors (Lipinski definition) is 2. The molecule has 0 amide bonds. The first-order valence-corrected chi connectivity index (χ1v) is 8.53. The molecular weight excluding hydrogens is 338 g/mol. The van der Waals surface area contributed by atoms with Crippen molar-refractivity contribution >= 4 is 17.6 Å². The molecule has 2 N–H and O–H groups in total.